The number of thiol groups is 1. The van der Waals surface area contributed by atoms with Gasteiger partial charge >= 0.3 is 6.03 Å². The first-order valence-corrected chi connectivity index (χ1v) is 11.7. The third kappa shape index (κ3) is 9.88. The minimum atomic E-state index is -0.638. The second-order valence-electron chi connectivity index (χ2n) is 8.55. The normalized spacial score (nSPS) is 17.9. The molecule has 6 amide bonds. The van der Waals surface area contributed by atoms with Gasteiger partial charge in [0.2, 0.25) is 23.6 Å². The Bertz CT molecular complexity index is 687. The van der Waals surface area contributed by atoms with Crippen molar-refractivity contribution in [2.45, 2.75) is 83.1 Å². The fourth-order valence-corrected chi connectivity index (χ4v) is 3.73. The van der Waals surface area contributed by atoms with Crippen molar-refractivity contribution in [2.75, 3.05) is 13.1 Å². The lowest BCUT2D eigenvalue weighted by Crippen LogP contribution is -2.51. The van der Waals surface area contributed by atoms with Gasteiger partial charge in [-0.05, 0) is 38.5 Å². The van der Waals surface area contributed by atoms with Crippen LogP contribution in [0.2, 0.25) is 0 Å². The van der Waals surface area contributed by atoms with E-state index in [1.54, 1.807) is 0 Å². The highest BCUT2D eigenvalue weighted by Crippen LogP contribution is 2.18. The van der Waals surface area contributed by atoms with Crippen LogP contribution in [0.5, 0.6) is 0 Å². The molecular formula is C21H37N5O5S. The van der Waals surface area contributed by atoms with Crippen LogP contribution in [-0.2, 0) is 19.2 Å². The van der Waals surface area contributed by atoms with Crippen LogP contribution in [0.4, 0.5) is 4.79 Å². The maximum atomic E-state index is 12.6. The van der Waals surface area contributed by atoms with Crippen LogP contribution >= 0.6 is 12.6 Å². The van der Waals surface area contributed by atoms with E-state index in [9.17, 15) is 24.0 Å². The molecule has 0 saturated carbocycles. The number of urea groups is 1. The summed E-state index contributed by atoms with van der Waals surface area (Å²) in [5.41, 5.74) is 5.01. The summed E-state index contributed by atoms with van der Waals surface area (Å²) in [6.07, 6.45) is 3.67. The van der Waals surface area contributed by atoms with Crippen molar-refractivity contribution >= 4 is 42.3 Å². The molecule has 3 atom stereocenters. The quantitative estimate of drug-likeness (QED) is 0.143. The molecule has 0 spiro atoms. The van der Waals surface area contributed by atoms with Gasteiger partial charge in [-0.2, -0.15) is 12.6 Å². The largest absolute Gasteiger partial charge is 0.352 e. The number of primary amides is 1. The zero-order valence-electron chi connectivity index (χ0n) is 19.2. The number of nitrogens with one attached hydrogen (secondary N) is 3. The Balaban J connectivity index is 2.31. The topological polar surface area (TPSA) is 151 Å². The van der Waals surface area contributed by atoms with E-state index in [0.717, 1.165) is 0 Å². The number of nitrogens with two attached hydrogens (primary N) is 1. The number of hydrogen-bond acceptors (Lipinski definition) is 6. The summed E-state index contributed by atoms with van der Waals surface area (Å²) in [4.78, 5) is 60.4. The number of unbranched alkanes of at least 4 members (excludes halogenated alkanes) is 2. The van der Waals surface area contributed by atoms with Crippen LogP contribution in [0.25, 0.3) is 0 Å². The van der Waals surface area contributed by atoms with Crippen molar-refractivity contribution in [3.8, 4) is 0 Å². The highest BCUT2D eigenvalue weighted by atomic mass is 32.1. The number of amides is 6. The van der Waals surface area contributed by atoms with Gasteiger partial charge in [0.1, 0.15) is 6.04 Å². The molecule has 0 bridgehead atoms. The highest BCUT2D eigenvalue weighted by molar-refractivity contribution is 7.81. The van der Waals surface area contributed by atoms with Crippen molar-refractivity contribution in [1.29, 1.82) is 0 Å². The van der Waals surface area contributed by atoms with E-state index in [4.69, 9.17) is 5.73 Å². The van der Waals surface area contributed by atoms with Crippen LogP contribution in [-0.4, -0.2) is 65.0 Å². The van der Waals surface area contributed by atoms with E-state index in [0.29, 0.717) is 45.2 Å². The monoisotopic (exact) mass is 471 g/mol. The summed E-state index contributed by atoms with van der Waals surface area (Å²) in [5.74, 6) is -0.974. The Morgan fingerprint density at radius 3 is 2.34 bits per heavy atom. The van der Waals surface area contributed by atoms with Gasteiger partial charge in [0.15, 0.2) is 0 Å². The number of carbonyl (C=O) groups is 5. The lowest BCUT2D eigenvalue weighted by atomic mass is 10.0. The maximum Gasteiger partial charge on any atom is 0.312 e. The first-order valence-electron chi connectivity index (χ1n) is 11.2. The Labute approximate surface area is 195 Å². The number of rotatable bonds is 14. The minimum absolute atomic E-state index is 0.0796. The molecule has 1 fully saturated rings. The lowest BCUT2D eigenvalue weighted by Gasteiger charge is -2.24. The Morgan fingerprint density at radius 2 is 1.78 bits per heavy atom. The molecule has 11 heteroatoms. The van der Waals surface area contributed by atoms with E-state index in [1.807, 2.05) is 20.8 Å². The molecule has 1 aliphatic rings. The molecule has 32 heavy (non-hydrogen) atoms. The van der Waals surface area contributed by atoms with Crippen LogP contribution in [0.15, 0.2) is 0 Å². The van der Waals surface area contributed by atoms with Gasteiger partial charge in [-0.3, -0.25) is 24.1 Å². The van der Waals surface area contributed by atoms with Gasteiger partial charge in [-0.25, -0.2) is 4.79 Å². The summed E-state index contributed by atoms with van der Waals surface area (Å²) < 4.78 is 0. The molecule has 0 aliphatic carbocycles. The predicted molar refractivity (Wildman–Crippen MR) is 124 cm³/mol. The Morgan fingerprint density at radius 1 is 1.09 bits per heavy atom. The number of carbonyl (C=O) groups excluding carboxylic acids is 5. The van der Waals surface area contributed by atoms with Crippen LogP contribution in [0.3, 0.4) is 0 Å². The zero-order chi connectivity index (χ0) is 24.3. The van der Waals surface area contributed by atoms with Crippen molar-refractivity contribution in [3.63, 3.8) is 0 Å². The second kappa shape index (κ2) is 14.0. The van der Waals surface area contributed by atoms with E-state index < -0.39 is 17.3 Å². The van der Waals surface area contributed by atoms with E-state index >= 15 is 0 Å². The molecular weight excluding hydrogens is 434 g/mol. The molecule has 1 aliphatic heterocycles. The molecule has 10 nitrogen and oxygen atoms in total. The molecule has 1 heterocycles. The summed E-state index contributed by atoms with van der Waals surface area (Å²) >= 11 is 4.09. The minimum Gasteiger partial charge on any atom is -0.352 e. The van der Waals surface area contributed by atoms with Crippen molar-refractivity contribution in [2.24, 2.45) is 11.7 Å². The molecule has 5 N–H and O–H groups in total. The number of imide groups is 1. The lowest BCUT2D eigenvalue weighted by molar-refractivity contribution is -0.138. The molecule has 0 aromatic rings. The van der Waals surface area contributed by atoms with Crippen LogP contribution in [0.1, 0.15) is 65.7 Å². The standard InChI is InChI=1S/C21H37N5O5S/c1-13(2)18(19(29)24-14(3)8-7-10-23-21(22)31)25-16(27)9-5-4-6-11-26-17(28)12-15(32)20(26)30/h13-15,18,32H,4-12H2,1-3H3,(H,24,29)(H,25,27)(H3,22,23,31)/t14-,15?,18+/m1/s1. The Kier molecular flexibility index (Phi) is 12.1. The van der Waals surface area contributed by atoms with Crippen molar-refractivity contribution < 1.29 is 24.0 Å². The summed E-state index contributed by atoms with van der Waals surface area (Å²) in [6.45, 7) is 6.39. The van der Waals surface area contributed by atoms with E-state index in [-0.39, 0.29) is 48.4 Å². The third-order valence-electron chi connectivity index (χ3n) is 5.27. The Hall–Kier alpha value is -2.30. The molecule has 1 saturated heterocycles. The summed E-state index contributed by atoms with van der Waals surface area (Å²) in [5, 5.41) is 7.67. The fraction of sp³-hybridized carbons (Fsp3) is 0.762. The molecule has 1 unspecified atom stereocenters. The van der Waals surface area contributed by atoms with Gasteiger partial charge < -0.3 is 21.7 Å². The SMILES string of the molecule is CC(C)[C@H](NC(=O)CCCCCN1C(=O)CC(S)C1=O)C(=O)N[C@H](C)CCCNC(N)=O. The van der Waals surface area contributed by atoms with Gasteiger partial charge in [0.25, 0.3) is 0 Å². The summed E-state index contributed by atoms with van der Waals surface area (Å²) in [6, 6.07) is -1.32. The van der Waals surface area contributed by atoms with Gasteiger partial charge in [0, 0.05) is 32.0 Å². The molecule has 1 rings (SSSR count). The van der Waals surface area contributed by atoms with Crippen LogP contribution in [0, 0.1) is 5.92 Å². The molecule has 182 valence electrons. The van der Waals surface area contributed by atoms with Crippen LogP contribution < -0.4 is 21.7 Å². The highest BCUT2D eigenvalue weighted by Gasteiger charge is 2.35. The second-order valence-corrected chi connectivity index (χ2v) is 9.17. The average molecular weight is 472 g/mol. The zero-order valence-corrected chi connectivity index (χ0v) is 20.1. The fourth-order valence-electron chi connectivity index (χ4n) is 3.44. The maximum absolute atomic E-state index is 12.6. The average Bonchev–Trinajstić information content (AvgIpc) is 2.94. The number of nitrogens with zero attached hydrogens (tertiary/aromatic N) is 1. The predicted octanol–water partition coefficient (Wildman–Crippen LogP) is 0.698. The first-order chi connectivity index (χ1) is 15.0. The van der Waals surface area contributed by atoms with Gasteiger partial charge in [-0.1, -0.05) is 20.3 Å². The van der Waals surface area contributed by atoms with E-state index in [1.165, 1.54) is 4.90 Å². The molecule has 0 radical (unpaired) electrons. The smallest absolute Gasteiger partial charge is 0.312 e. The number of likely N-dealkylation sites (tertiary alicyclic amines) is 1. The third-order valence-corrected chi connectivity index (χ3v) is 5.68. The van der Waals surface area contributed by atoms with E-state index in [2.05, 4.69) is 28.6 Å². The van der Waals surface area contributed by atoms with Gasteiger partial charge in [0.05, 0.1) is 5.25 Å². The summed E-state index contributed by atoms with van der Waals surface area (Å²) in [7, 11) is 0. The first kappa shape index (κ1) is 27.7. The van der Waals surface area contributed by atoms with Crippen molar-refractivity contribution in [1.82, 2.24) is 20.9 Å². The van der Waals surface area contributed by atoms with Gasteiger partial charge in [-0.15, -0.1) is 0 Å². The molecule has 0 aromatic heterocycles. The molecule has 0 aromatic carbocycles. The number of hydrogen-bond donors (Lipinski definition) is 5. The van der Waals surface area contributed by atoms with Crippen molar-refractivity contribution in [3.05, 3.63) is 0 Å².